The van der Waals surface area contributed by atoms with Crippen LogP contribution in [0.5, 0.6) is 0 Å². The highest BCUT2D eigenvalue weighted by Gasteiger charge is 2.40. The second-order valence-electron chi connectivity index (χ2n) is 8.18. The van der Waals surface area contributed by atoms with Crippen molar-refractivity contribution in [3.8, 4) is 0 Å². The Hall–Kier alpha value is -2.08. The van der Waals surface area contributed by atoms with Crippen molar-refractivity contribution in [2.45, 2.75) is 38.6 Å². The Labute approximate surface area is 154 Å². The first-order valence-corrected chi connectivity index (χ1v) is 9.82. The fourth-order valence-electron chi connectivity index (χ4n) is 4.71. The third-order valence-corrected chi connectivity index (χ3v) is 6.32. The quantitative estimate of drug-likeness (QED) is 0.844. The van der Waals surface area contributed by atoms with Gasteiger partial charge in [-0.1, -0.05) is 6.42 Å². The van der Waals surface area contributed by atoms with Crippen LogP contribution in [0.3, 0.4) is 0 Å². The highest BCUT2D eigenvalue weighted by Crippen LogP contribution is 2.36. The average molecular weight is 350 g/mol. The molecule has 0 amide bonds. The third-order valence-electron chi connectivity index (χ3n) is 6.32. The average Bonchev–Trinajstić information content (AvgIpc) is 3.12. The number of hydrogen-bond donors (Lipinski definition) is 0. The van der Waals surface area contributed by atoms with Gasteiger partial charge in [0.05, 0.1) is 5.69 Å². The fraction of sp³-hybridized carbons (Fsp3) is 0.600. The Morgan fingerprint density at radius 2 is 1.88 bits per heavy atom. The van der Waals surface area contributed by atoms with E-state index in [-0.39, 0.29) is 0 Å². The van der Waals surface area contributed by atoms with Gasteiger partial charge in [0, 0.05) is 56.6 Å². The van der Waals surface area contributed by atoms with Gasteiger partial charge in [-0.05, 0) is 37.7 Å². The van der Waals surface area contributed by atoms with Crippen molar-refractivity contribution in [2.75, 3.05) is 31.1 Å². The largest absolute Gasteiger partial charge is 0.356 e. The van der Waals surface area contributed by atoms with Gasteiger partial charge >= 0.3 is 0 Å². The highest BCUT2D eigenvalue weighted by atomic mass is 15.3. The first kappa shape index (κ1) is 16.1. The smallest absolute Gasteiger partial charge is 0.134 e. The Balaban J connectivity index is 1.21. The van der Waals surface area contributed by atoms with E-state index in [1.807, 2.05) is 12.4 Å². The van der Waals surface area contributed by atoms with Crippen molar-refractivity contribution in [1.29, 1.82) is 0 Å². The molecule has 4 heterocycles. The SMILES string of the molecule is Cc1cncnc1N1CC2CN(Cc3ccnc(C4CCC4)n3)CC2C1. The summed E-state index contributed by atoms with van der Waals surface area (Å²) in [4.78, 5) is 23.0. The van der Waals surface area contributed by atoms with Gasteiger partial charge in [-0.25, -0.2) is 19.9 Å². The standard InChI is InChI=1S/C20H26N6/c1-14-7-21-13-23-20(14)26-10-16-8-25(9-17(16)11-26)12-18-5-6-22-19(24-18)15-3-2-4-15/h5-7,13,15-17H,2-4,8-12H2,1H3. The summed E-state index contributed by atoms with van der Waals surface area (Å²) in [7, 11) is 0. The zero-order chi connectivity index (χ0) is 17.5. The van der Waals surface area contributed by atoms with Crippen molar-refractivity contribution in [2.24, 2.45) is 11.8 Å². The first-order valence-electron chi connectivity index (χ1n) is 9.82. The van der Waals surface area contributed by atoms with Gasteiger partial charge in [-0.3, -0.25) is 4.90 Å². The monoisotopic (exact) mass is 350 g/mol. The van der Waals surface area contributed by atoms with E-state index in [1.165, 1.54) is 30.5 Å². The molecule has 2 aliphatic heterocycles. The lowest BCUT2D eigenvalue weighted by Crippen LogP contribution is -2.29. The lowest BCUT2D eigenvalue weighted by atomic mass is 9.85. The van der Waals surface area contributed by atoms with Gasteiger partial charge in [0.15, 0.2) is 0 Å². The number of aromatic nitrogens is 4. The van der Waals surface area contributed by atoms with Crippen molar-refractivity contribution in [3.05, 3.63) is 41.9 Å². The minimum absolute atomic E-state index is 0.609. The fourth-order valence-corrected chi connectivity index (χ4v) is 4.71. The van der Waals surface area contributed by atoms with Crippen LogP contribution in [0.25, 0.3) is 0 Å². The number of likely N-dealkylation sites (tertiary alicyclic amines) is 1. The van der Waals surface area contributed by atoms with Crippen molar-refractivity contribution < 1.29 is 0 Å². The predicted molar refractivity (Wildman–Crippen MR) is 99.9 cm³/mol. The van der Waals surface area contributed by atoms with E-state index >= 15 is 0 Å². The summed E-state index contributed by atoms with van der Waals surface area (Å²) in [6.07, 6.45) is 9.38. The molecule has 6 nitrogen and oxygen atoms in total. The minimum Gasteiger partial charge on any atom is -0.356 e. The van der Waals surface area contributed by atoms with Crippen LogP contribution in [0.15, 0.2) is 24.8 Å². The molecule has 0 spiro atoms. The molecule has 26 heavy (non-hydrogen) atoms. The number of rotatable bonds is 4. The number of hydrogen-bond acceptors (Lipinski definition) is 6. The van der Waals surface area contributed by atoms with Crippen LogP contribution < -0.4 is 4.90 Å². The Morgan fingerprint density at radius 3 is 2.58 bits per heavy atom. The maximum absolute atomic E-state index is 4.85. The molecule has 3 fully saturated rings. The molecule has 5 rings (SSSR count). The van der Waals surface area contributed by atoms with Crippen LogP contribution in [-0.2, 0) is 6.54 Å². The van der Waals surface area contributed by atoms with E-state index in [2.05, 4.69) is 37.7 Å². The lowest BCUT2D eigenvalue weighted by molar-refractivity contribution is 0.303. The Bertz CT molecular complexity index is 775. The summed E-state index contributed by atoms with van der Waals surface area (Å²) in [5, 5.41) is 0. The summed E-state index contributed by atoms with van der Waals surface area (Å²) in [5.41, 5.74) is 2.36. The summed E-state index contributed by atoms with van der Waals surface area (Å²) in [5.74, 6) is 4.26. The molecule has 1 saturated carbocycles. The number of anilines is 1. The van der Waals surface area contributed by atoms with Crippen LogP contribution in [0.2, 0.25) is 0 Å². The number of aryl methyl sites for hydroxylation is 1. The molecule has 2 aromatic rings. The van der Waals surface area contributed by atoms with Crippen LogP contribution in [0.1, 0.15) is 42.3 Å². The molecule has 2 atom stereocenters. The normalized spacial score (nSPS) is 26.1. The van der Waals surface area contributed by atoms with Crippen molar-refractivity contribution in [3.63, 3.8) is 0 Å². The summed E-state index contributed by atoms with van der Waals surface area (Å²) >= 11 is 0. The molecule has 0 radical (unpaired) electrons. The number of fused-ring (bicyclic) bond motifs is 1. The van der Waals surface area contributed by atoms with Gasteiger partial charge in [-0.15, -0.1) is 0 Å². The Morgan fingerprint density at radius 1 is 1.08 bits per heavy atom. The van der Waals surface area contributed by atoms with Crippen LogP contribution >= 0.6 is 0 Å². The van der Waals surface area contributed by atoms with Gasteiger partial charge < -0.3 is 4.90 Å². The molecular weight excluding hydrogens is 324 g/mol. The molecule has 2 saturated heterocycles. The molecule has 2 unspecified atom stereocenters. The van der Waals surface area contributed by atoms with E-state index in [0.29, 0.717) is 5.92 Å². The first-order chi connectivity index (χ1) is 12.8. The maximum atomic E-state index is 4.85. The molecule has 3 aliphatic rings. The second kappa shape index (κ2) is 6.58. The number of nitrogens with zero attached hydrogens (tertiary/aromatic N) is 6. The van der Waals surface area contributed by atoms with E-state index in [4.69, 9.17) is 4.98 Å². The second-order valence-corrected chi connectivity index (χ2v) is 8.18. The van der Waals surface area contributed by atoms with E-state index < -0.39 is 0 Å². The summed E-state index contributed by atoms with van der Waals surface area (Å²) < 4.78 is 0. The molecule has 2 aromatic heterocycles. The molecule has 0 N–H and O–H groups in total. The molecular formula is C20H26N6. The summed E-state index contributed by atoms with van der Waals surface area (Å²) in [6, 6.07) is 2.09. The van der Waals surface area contributed by atoms with Gasteiger partial charge in [-0.2, -0.15) is 0 Å². The zero-order valence-electron chi connectivity index (χ0n) is 15.4. The van der Waals surface area contributed by atoms with Crippen LogP contribution in [0, 0.1) is 18.8 Å². The molecule has 6 heteroatoms. The van der Waals surface area contributed by atoms with Gasteiger partial charge in [0.25, 0.3) is 0 Å². The van der Waals surface area contributed by atoms with Crippen LogP contribution in [-0.4, -0.2) is 51.0 Å². The van der Waals surface area contributed by atoms with Crippen molar-refractivity contribution in [1.82, 2.24) is 24.8 Å². The summed E-state index contributed by atoms with van der Waals surface area (Å²) in [6.45, 7) is 7.60. The van der Waals surface area contributed by atoms with Gasteiger partial charge in [0.1, 0.15) is 18.0 Å². The lowest BCUT2D eigenvalue weighted by Gasteiger charge is -2.25. The zero-order valence-corrected chi connectivity index (χ0v) is 15.4. The maximum Gasteiger partial charge on any atom is 0.134 e. The predicted octanol–water partition coefficient (Wildman–Crippen LogP) is 2.41. The van der Waals surface area contributed by atoms with Gasteiger partial charge in [0.2, 0.25) is 0 Å². The third kappa shape index (κ3) is 2.96. The molecule has 0 aromatic carbocycles. The highest BCUT2D eigenvalue weighted by molar-refractivity contribution is 5.46. The topological polar surface area (TPSA) is 58.0 Å². The van der Waals surface area contributed by atoms with Crippen molar-refractivity contribution >= 4 is 5.82 Å². The molecule has 0 bridgehead atoms. The Kier molecular flexibility index (Phi) is 4.08. The van der Waals surface area contributed by atoms with E-state index in [9.17, 15) is 0 Å². The van der Waals surface area contributed by atoms with E-state index in [0.717, 1.165) is 56.2 Å². The molecule has 1 aliphatic carbocycles. The molecule has 136 valence electrons. The minimum atomic E-state index is 0.609. The van der Waals surface area contributed by atoms with E-state index in [1.54, 1.807) is 6.33 Å². The van der Waals surface area contributed by atoms with Crippen LogP contribution in [0.4, 0.5) is 5.82 Å².